The van der Waals surface area contributed by atoms with Crippen LogP contribution in [0.2, 0.25) is 0 Å². The summed E-state index contributed by atoms with van der Waals surface area (Å²) in [5.74, 6) is -0.453. The Hall–Kier alpha value is -1.77. The second kappa shape index (κ2) is 8.95. The lowest BCUT2D eigenvalue weighted by molar-refractivity contribution is -0.137. The Balaban J connectivity index is 2.09. The Morgan fingerprint density at radius 2 is 1.59 bits per heavy atom. The van der Waals surface area contributed by atoms with E-state index in [0.717, 1.165) is 73.4 Å². The molecule has 1 fully saturated rings. The summed E-state index contributed by atoms with van der Waals surface area (Å²) in [5.41, 5.74) is -0.850. The first kappa shape index (κ1) is 21.5. The molecule has 1 aromatic carbocycles. The number of amides is 1. The fourth-order valence-electron chi connectivity index (χ4n) is 3.22. The minimum atomic E-state index is -4.51. The van der Waals surface area contributed by atoms with E-state index in [9.17, 15) is 26.4 Å². The summed E-state index contributed by atoms with van der Waals surface area (Å²) in [6.07, 6.45) is 3.57. The van der Waals surface area contributed by atoms with E-state index >= 15 is 0 Å². The van der Waals surface area contributed by atoms with Crippen LogP contribution in [0.5, 0.6) is 0 Å². The molecule has 2 rings (SSSR count). The molecule has 27 heavy (non-hydrogen) atoms. The highest BCUT2D eigenvalue weighted by Gasteiger charge is 2.31. The second-order valence-electron chi connectivity index (χ2n) is 6.92. The first-order valence-electron chi connectivity index (χ1n) is 9.02. The Morgan fingerprint density at radius 3 is 2.07 bits per heavy atom. The normalized spacial score (nSPS) is 17.0. The Labute approximate surface area is 158 Å². The first-order chi connectivity index (χ1) is 12.6. The molecule has 0 bridgehead atoms. The summed E-state index contributed by atoms with van der Waals surface area (Å²) in [7, 11) is -3.82. The lowest BCUT2D eigenvalue weighted by Crippen LogP contribution is -2.44. The number of hydrogen-bond acceptors (Lipinski definition) is 3. The van der Waals surface area contributed by atoms with Crippen molar-refractivity contribution in [3.63, 3.8) is 0 Å². The quantitative estimate of drug-likeness (QED) is 0.811. The number of anilines is 1. The molecule has 0 radical (unpaired) electrons. The predicted octanol–water partition coefficient (Wildman–Crippen LogP) is 3.70. The van der Waals surface area contributed by atoms with Gasteiger partial charge >= 0.3 is 6.18 Å². The molecule has 5 nitrogen and oxygen atoms in total. The molecule has 152 valence electrons. The van der Waals surface area contributed by atoms with Gasteiger partial charge in [0.15, 0.2) is 0 Å². The third kappa shape index (κ3) is 6.71. The molecule has 0 atom stereocenters. The SMILES string of the molecule is CS(=O)(=O)N(CC(=O)NC1CCCCCCC1)c1ccc(C(F)(F)F)cc1. The third-order valence-electron chi connectivity index (χ3n) is 4.64. The van der Waals surface area contributed by atoms with Gasteiger partial charge in [-0.15, -0.1) is 0 Å². The standard InChI is InChI=1S/C18H25F3N2O3S/c1-27(25,26)23(16-11-9-14(10-12-16)18(19,20)21)13-17(24)22-15-7-5-3-2-4-6-8-15/h9-12,15H,2-8,13H2,1H3,(H,22,24). The van der Waals surface area contributed by atoms with Crippen LogP contribution in [-0.2, 0) is 21.0 Å². The highest BCUT2D eigenvalue weighted by molar-refractivity contribution is 7.92. The third-order valence-corrected chi connectivity index (χ3v) is 5.78. The van der Waals surface area contributed by atoms with Gasteiger partial charge in [0.2, 0.25) is 15.9 Å². The van der Waals surface area contributed by atoms with Gasteiger partial charge in [-0.2, -0.15) is 13.2 Å². The highest BCUT2D eigenvalue weighted by atomic mass is 32.2. The molecule has 1 N–H and O–H groups in total. The summed E-state index contributed by atoms with van der Waals surface area (Å²) in [6.45, 7) is -0.458. The fourth-order valence-corrected chi connectivity index (χ4v) is 4.08. The van der Waals surface area contributed by atoms with Crippen LogP contribution < -0.4 is 9.62 Å². The van der Waals surface area contributed by atoms with Gasteiger partial charge in [-0.05, 0) is 37.1 Å². The number of alkyl halides is 3. The van der Waals surface area contributed by atoms with Gasteiger partial charge in [0, 0.05) is 6.04 Å². The molecule has 0 spiro atoms. The van der Waals surface area contributed by atoms with E-state index in [0.29, 0.717) is 0 Å². The summed E-state index contributed by atoms with van der Waals surface area (Å²) >= 11 is 0. The average molecular weight is 406 g/mol. The molecule has 0 aromatic heterocycles. The number of nitrogens with zero attached hydrogens (tertiary/aromatic N) is 1. The monoisotopic (exact) mass is 406 g/mol. The van der Waals surface area contributed by atoms with Gasteiger partial charge in [-0.1, -0.05) is 32.1 Å². The topological polar surface area (TPSA) is 66.5 Å². The molecule has 0 unspecified atom stereocenters. The van der Waals surface area contributed by atoms with E-state index in [1.807, 2.05) is 0 Å². The number of hydrogen-bond donors (Lipinski definition) is 1. The fraction of sp³-hybridized carbons (Fsp3) is 0.611. The van der Waals surface area contributed by atoms with Crippen LogP contribution in [0.3, 0.4) is 0 Å². The molecule has 1 amide bonds. The van der Waals surface area contributed by atoms with Gasteiger partial charge in [0.05, 0.1) is 17.5 Å². The maximum Gasteiger partial charge on any atom is 0.416 e. The van der Waals surface area contributed by atoms with E-state index in [-0.39, 0.29) is 11.7 Å². The zero-order chi connectivity index (χ0) is 20.1. The van der Waals surface area contributed by atoms with Crippen LogP contribution in [0.15, 0.2) is 24.3 Å². The van der Waals surface area contributed by atoms with Crippen LogP contribution in [0.4, 0.5) is 18.9 Å². The lowest BCUT2D eigenvalue weighted by Gasteiger charge is -2.25. The van der Waals surface area contributed by atoms with E-state index in [4.69, 9.17) is 0 Å². The Kier molecular flexibility index (Phi) is 7.13. The maximum atomic E-state index is 12.7. The number of rotatable bonds is 5. The zero-order valence-electron chi connectivity index (χ0n) is 15.3. The molecule has 1 aliphatic carbocycles. The zero-order valence-corrected chi connectivity index (χ0v) is 16.1. The summed E-state index contributed by atoms with van der Waals surface area (Å²) in [6, 6.07) is 3.74. The van der Waals surface area contributed by atoms with E-state index in [2.05, 4.69) is 5.32 Å². The smallest absolute Gasteiger partial charge is 0.352 e. The largest absolute Gasteiger partial charge is 0.416 e. The number of carbonyl (C=O) groups excluding carboxylic acids is 1. The van der Waals surface area contributed by atoms with Crippen LogP contribution in [0.1, 0.15) is 50.5 Å². The minimum absolute atomic E-state index is 0.00631. The van der Waals surface area contributed by atoms with E-state index in [1.165, 1.54) is 6.42 Å². The molecule has 1 aromatic rings. The van der Waals surface area contributed by atoms with E-state index in [1.54, 1.807) is 0 Å². The van der Waals surface area contributed by atoms with Crippen LogP contribution >= 0.6 is 0 Å². The first-order valence-corrected chi connectivity index (χ1v) is 10.9. The molecule has 1 aliphatic rings. The minimum Gasteiger partial charge on any atom is -0.352 e. The van der Waals surface area contributed by atoms with Gasteiger partial charge < -0.3 is 5.32 Å². The van der Waals surface area contributed by atoms with Crippen molar-refractivity contribution < 1.29 is 26.4 Å². The van der Waals surface area contributed by atoms with Gasteiger partial charge in [-0.3, -0.25) is 9.10 Å². The van der Waals surface area contributed by atoms with Crippen LogP contribution in [-0.4, -0.2) is 33.2 Å². The summed E-state index contributed by atoms with van der Waals surface area (Å²) in [4.78, 5) is 12.4. The van der Waals surface area contributed by atoms with Crippen molar-refractivity contribution in [2.75, 3.05) is 17.1 Å². The van der Waals surface area contributed by atoms with Gasteiger partial charge in [-0.25, -0.2) is 8.42 Å². The lowest BCUT2D eigenvalue weighted by atomic mass is 9.97. The predicted molar refractivity (Wildman–Crippen MR) is 97.9 cm³/mol. The van der Waals surface area contributed by atoms with Crippen molar-refractivity contribution in [1.29, 1.82) is 0 Å². The molecular formula is C18H25F3N2O3S. The van der Waals surface area contributed by atoms with Crippen molar-refractivity contribution in [3.05, 3.63) is 29.8 Å². The van der Waals surface area contributed by atoms with Crippen molar-refractivity contribution in [2.45, 2.75) is 57.2 Å². The number of sulfonamides is 1. The molecule has 9 heteroatoms. The van der Waals surface area contributed by atoms with Crippen molar-refractivity contribution in [3.8, 4) is 0 Å². The number of nitrogens with one attached hydrogen (secondary N) is 1. The highest BCUT2D eigenvalue weighted by Crippen LogP contribution is 2.31. The number of carbonyl (C=O) groups is 1. The molecule has 1 saturated carbocycles. The molecular weight excluding hydrogens is 381 g/mol. The van der Waals surface area contributed by atoms with Gasteiger partial charge in [0.1, 0.15) is 6.54 Å². The van der Waals surface area contributed by atoms with Crippen molar-refractivity contribution in [2.24, 2.45) is 0 Å². The Morgan fingerprint density at radius 1 is 1.07 bits per heavy atom. The van der Waals surface area contributed by atoms with Crippen LogP contribution in [0.25, 0.3) is 0 Å². The molecule has 0 aliphatic heterocycles. The van der Waals surface area contributed by atoms with Crippen LogP contribution in [0, 0.1) is 0 Å². The maximum absolute atomic E-state index is 12.7. The second-order valence-corrected chi connectivity index (χ2v) is 8.83. The molecule has 0 heterocycles. The average Bonchev–Trinajstić information content (AvgIpc) is 2.53. The van der Waals surface area contributed by atoms with E-state index < -0.39 is 34.2 Å². The van der Waals surface area contributed by atoms with Crippen molar-refractivity contribution >= 4 is 21.6 Å². The summed E-state index contributed by atoms with van der Waals surface area (Å²) in [5, 5.41) is 2.87. The Bertz CT molecular complexity index is 725. The van der Waals surface area contributed by atoms with Crippen molar-refractivity contribution in [1.82, 2.24) is 5.32 Å². The number of benzene rings is 1. The van der Waals surface area contributed by atoms with Gasteiger partial charge in [0.25, 0.3) is 0 Å². The summed E-state index contributed by atoms with van der Waals surface area (Å²) < 4.78 is 63.0. The number of halogens is 3. The molecule has 0 saturated heterocycles.